The van der Waals surface area contributed by atoms with Gasteiger partial charge in [-0.2, -0.15) is 0 Å². The van der Waals surface area contributed by atoms with Crippen molar-refractivity contribution in [3.8, 4) is 0 Å². The van der Waals surface area contributed by atoms with Crippen LogP contribution in [0.4, 0.5) is 0 Å². The van der Waals surface area contributed by atoms with Crippen LogP contribution in [-0.4, -0.2) is 17.8 Å². The van der Waals surface area contributed by atoms with E-state index in [1.54, 1.807) is 0 Å². The Hall–Kier alpha value is 1.02. The molecule has 0 aliphatic rings. The topological polar surface area (TPSA) is 0 Å². The third-order valence-electron chi connectivity index (χ3n) is 2.00. The summed E-state index contributed by atoms with van der Waals surface area (Å²) in [6.07, 6.45) is 2.77. The molecule has 0 radical (unpaired) electrons. The summed E-state index contributed by atoms with van der Waals surface area (Å²) < 4.78 is 2.86. The van der Waals surface area contributed by atoms with Crippen molar-refractivity contribution >= 4 is 27.1 Å². The van der Waals surface area contributed by atoms with Gasteiger partial charge in [-0.05, 0) is 0 Å². The second-order valence-corrected chi connectivity index (χ2v) is 14.2. The molecule has 0 heterocycles. The van der Waals surface area contributed by atoms with E-state index in [1.807, 2.05) is 0 Å². The van der Waals surface area contributed by atoms with E-state index in [0.717, 1.165) is 11.8 Å². The zero-order valence-corrected chi connectivity index (χ0v) is 12.6. The van der Waals surface area contributed by atoms with E-state index >= 15 is 0 Å². The van der Waals surface area contributed by atoms with E-state index < -0.39 is 17.8 Å². The van der Waals surface area contributed by atoms with Crippen molar-refractivity contribution in [2.24, 2.45) is 11.8 Å². The third-order valence-corrected chi connectivity index (χ3v) is 9.57. The first kappa shape index (κ1) is 13.0. The minimum absolute atomic E-state index is 0.864. The Balaban J connectivity index is 3.34. The maximum absolute atomic E-state index is 5.57. The Kier molecular flexibility index (Phi) is 8.06. The third kappa shape index (κ3) is 9.11. The Morgan fingerprint density at radius 2 is 1.25 bits per heavy atom. The Labute approximate surface area is 88.0 Å². The fourth-order valence-corrected chi connectivity index (χ4v) is 8.45. The summed E-state index contributed by atoms with van der Waals surface area (Å²) >= 11 is -1.25. The van der Waals surface area contributed by atoms with Crippen LogP contribution in [0.5, 0.6) is 0 Å². The van der Waals surface area contributed by atoms with Gasteiger partial charge in [-0.25, -0.2) is 0 Å². The molecule has 0 bridgehead atoms. The molecule has 0 aromatic rings. The number of hydrogen-bond donors (Lipinski definition) is 0. The van der Waals surface area contributed by atoms with Crippen LogP contribution in [0.25, 0.3) is 0 Å². The molecule has 0 amide bonds. The fraction of sp³-hybridized carbons (Fsp3) is 1.00. The Morgan fingerprint density at radius 1 is 0.917 bits per heavy atom. The summed E-state index contributed by atoms with van der Waals surface area (Å²) in [5.74, 6) is 1.73. The second kappa shape index (κ2) is 7.43. The van der Waals surface area contributed by atoms with E-state index in [2.05, 4.69) is 27.7 Å². The molecular weight excluding hydrogens is 271 g/mol. The Morgan fingerprint density at radius 3 is 1.50 bits per heavy atom. The average Bonchev–Trinajstić information content (AvgIpc) is 1.96. The molecule has 12 heavy (non-hydrogen) atoms. The molecule has 0 fully saturated rings. The standard InChI is InChI=1S/2C5H11.S.Sn/c2*1-4-5(2)3;;/h2*5H,1,4H2,2-3H3;;. The van der Waals surface area contributed by atoms with E-state index in [9.17, 15) is 0 Å². The quantitative estimate of drug-likeness (QED) is 0.659. The van der Waals surface area contributed by atoms with Crippen molar-refractivity contribution in [2.75, 3.05) is 0 Å². The SMILES string of the molecule is CC(C)C[CH2][Sn](=[S])[CH2]CC(C)C. The van der Waals surface area contributed by atoms with Crippen LogP contribution in [0.1, 0.15) is 40.5 Å². The van der Waals surface area contributed by atoms with E-state index in [1.165, 1.54) is 21.7 Å². The van der Waals surface area contributed by atoms with Crippen molar-refractivity contribution < 1.29 is 0 Å². The van der Waals surface area contributed by atoms with Gasteiger partial charge in [0.05, 0.1) is 0 Å². The van der Waals surface area contributed by atoms with Crippen LogP contribution in [0.3, 0.4) is 0 Å². The Bertz CT molecular complexity index is 116. The van der Waals surface area contributed by atoms with Crippen LogP contribution in [0.2, 0.25) is 8.87 Å². The van der Waals surface area contributed by atoms with Gasteiger partial charge in [0, 0.05) is 0 Å². The molecule has 0 aliphatic carbocycles. The molecule has 0 saturated heterocycles. The molecular formula is C10H22SSn. The molecule has 0 spiro atoms. The summed E-state index contributed by atoms with van der Waals surface area (Å²) in [5, 5.41) is 0. The predicted molar refractivity (Wildman–Crippen MR) is 61.9 cm³/mol. The first-order valence-corrected chi connectivity index (χ1v) is 13.0. The van der Waals surface area contributed by atoms with Gasteiger partial charge >= 0.3 is 88.4 Å². The molecule has 0 atom stereocenters. The summed E-state index contributed by atoms with van der Waals surface area (Å²) in [7, 11) is 5.57. The average molecular weight is 293 g/mol. The van der Waals surface area contributed by atoms with Crippen LogP contribution < -0.4 is 0 Å². The predicted octanol–water partition coefficient (Wildman–Crippen LogP) is 4.27. The molecule has 0 saturated carbocycles. The second-order valence-electron chi connectivity index (χ2n) is 4.40. The summed E-state index contributed by atoms with van der Waals surface area (Å²) in [6, 6.07) is 0. The van der Waals surface area contributed by atoms with Crippen LogP contribution in [-0.2, 0) is 0 Å². The van der Waals surface area contributed by atoms with Gasteiger partial charge in [0.2, 0.25) is 0 Å². The van der Waals surface area contributed by atoms with E-state index in [4.69, 9.17) is 9.29 Å². The summed E-state index contributed by atoms with van der Waals surface area (Å²) in [4.78, 5) is 0. The van der Waals surface area contributed by atoms with Crippen molar-refractivity contribution in [1.29, 1.82) is 0 Å². The molecule has 0 rings (SSSR count). The van der Waals surface area contributed by atoms with Crippen LogP contribution >= 0.6 is 9.29 Å². The molecule has 0 unspecified atom stereocenters. The number of hydrogen-bond acceptors (Lipinski definition) is 1. The van der Waals surface area contributed by atoms with Crippen molar-refractivity contribution in [3.63, 3.8) is 0 Å². The molecule has 0 aliphatic heterocycles. The van der Waals surface area contributed by atoms with Gasteiger partial charge < -0.3 is 0 Å². The van der Waals surface area contributed by atoms with Gasteiger partial charge in [0.1, 0.15) is 0 Å². The summed E-state index contributed by atoms with van der Waals surface area (Å²) in [5.41, 5.74) is 0. The van der Waals surface area contributed by atoms with Crippen molar-refractivity contribution in [3.05, 3.63) is 0 Å². The minimum atomic E-state index is -1.25. The van der Waals surface area contributed by atoms with Gasteiger partial charge in [-0.3, -0.25) is 0 Å². The molecule has 2 heteroatoms. The van der Waals surface area contributed by atoms with Crippen LogP contribution in [0, 0.1) is 11.8 Å². The first-order chi connectivity index (χ1) is 5.52. The van der Waals surface area contributed by atoms with Crippen LogP contribution in [0.15, 0.2) is 0 Å². The normalized spacial score (nSPS) is 11.2. The number of rotatable bonds is 6. The fourth-order valence-electron chi connectivity index (χ4n) is 1.02. The monoisotopic (exact) mass is 294 g/mol. The molecule has 0 N–H and O–H groups in total. The summed E-state index contributed by atoms with van der Waals surface area (Å²) in [6.45, 7) is 9.20. The molecule has 0 aromatic carbocycles. The van der Waals surface area contributed by atoms with Crippen molar-refractivity contribution in [1.82, 2.24) is 0 Å². The van der Waals surface area contributed by atoms with Gasteiger partial charge in [0.15, 0.2) is 0 Å². The molecule has 0 nitrogen and oxygen atoms in total. The first-order valence-electron chi connectivity index (χ1n) is 5.04. The van der Waals surface area contributed by atoms with Gasteiger partial charge in [-0.15, -0.1) is 0 Å². The zero-order chi connectivity index (χ0) is 9.56. The molecule has 72 valence electrons. The zero-order valence-electron chi connectivity index (χ0n) is 8.89. The molecule has 0 aromatic heterocycles. The van der Waals surface area contributed by atoms with E-state index in [0.29, 0.717) is 0 Å². The van der Waals surface area contributed by atoms with E-state index in [-0.39, 0.29) is 0 Å². The van der Waals surface area contributed by atoms with Gasteiger partial charge in [-0.1, -0.05) is 0 Å². The van der Waals surface area contributed by atoms with Gasteiger partial charge in [0.25, 0.3) is 0 Å². The van der Waals surface area contributed by atoms with Crippen molar-refractivity contribution in [2.45, 2.75) is 49.4 Å². The maximum atomic E-state index is 5.57.